The fourth-order valence-electron chi connectivity index (χ4n) is 6.04. The van der Waals surface area contributed by atoms with E-state index >= 15 is 0 Å². The van der Waals surface area contributed by atoms with Crippen molar-refractivity contribution in [1.82, 2.24) is 10.2 Å². The van der Waals surface area contributed by atoms with Crippen LogP contribution in [0, 0.1) is 25.7 Å². The molecular weight excluding hydrogens is 422 g/mol. The Morgan fingerprint density at radius 2 is 2.00 bits per heavy atom. The summed E-state index contributed by atoms with van der Waals surface area (Å²) < 4.78 is 6.54. The molecule has 8 nitrogen and oxygen atoms in total. The third-order valence-corrected chi connectivity index (χ3v) is 7.56. The second kappa shape index (κ2) is 8.72. The Kier molecular flexibility index (Phi) is 6.26. The monoisotopic (exact) mass is 457 g/mol. The zero-order chi connectivity index (χ0) is 24.0. The van der Waals surface area contributed by atoms with Gasteiger partial charge in [0.1, 0.15) is 11.6 Å². The minimum atomic E-state index is -1.04. The van der Waals surface area contributed by atoms with Gasteiger partial charge in [0.2, 0.25) is 17.7 Å². The Morgan fingerprint density at radius 3 is 2.70 bits per heavy atom. The van der Waals surface area contributed by atoms with Crippen LogP contribution in [-0.4, -0.2) is 64.7 Å². The van der Waals surface area contributed by atoms with Gasteiger partial charge in [0.25, 0.3) is 0 Å². The van der Waals surface area contributed by atoms with Gasteiger partial charge in [0.05, 0.1) is 17.4 Å². The molecule has 5 atom stereocenters. The van der Waals surface area contributed by atoms with E-state index in [0.717, 1.165) is 17.5 Å². The maximum atomic E-state index is 13.7. The van der Waals surface area contributed by atoms with Crippen molar-refractivity contribution in [2.45, 2.75) is 70.6 Å². The van der Waals surface area contributed by atoms with Crippen LogP contribution in [0.4, 0.5) is 5.69 Å². The number of anilines is 1. The molecule has 3 aliphatic rings. The highest BCUT2D eigenvalue weighted by Crippen LogP contribution is 2.63. The van der Waals surface area contributed by atoms with E-state index in [9.17, 15) is 19.5 Å². The summed E-state index contributed by atoms with van der Waals surface area (Å²) in [6, 6.07) is 4.98. The number of amides is 3. The third kappa shape index (κ3) is 3.73. The minimum absolute atomic E-state index is 0.0915. The van der Waals surface area contributed by atoms with Crippen LogP contribution in [0.15, 0.2) is 18.2 Å². The molecule has 1 aromatic carbocycles. The quantitative estimate of drug-likeness (QED) is 0.553. The van der Waals surface area contributed by atoms with Crippen LogP contribution < -0.4 is 10.6 Å². The summed E-state index contributed by atoms with van der Waals surface area (Å²) in [6.45, 7) is 8.43. The summed E-state index contributed by atoms with van der Waals surface area (Å²) in [7, 11) is 0. The van der Waals surface area contributed by atoms with Gasteiger partial charge < -0.3 is 25.4 Å². The SMILES string of the molecule is CCCNC(=O)[C@H]1[C@H]2C(=O)N(CCCO)C(C(=O)Nc3cc(C)ccc3C)C23CC[C@]1(C)O3. The van der Waals surface area contributed by atoms with E-state index < -0.39 is 29.1 Å². The van der Waals surface area contributed by atoms with E-state index in [1.165, 1.54) is 4.90 Å². The first-order chi connectivity index (χ1) is 15.7. The number of carbonyl (C=O) groups is 3. The number of aryl methyl sites for hydroxylation is 2. The van der Waals surface area contributed by atoms with Gasteiger partial charge in [-0.3, -0.25) is 14.4 Å². The number of carbonyl (C=O) groups excluding carboxylic acids is 3. The first kappa shape index (κ1) is 23.7. The standard InChI is InChI=1S/C25H35N3O5/c1-5-11-26-21(30)18-19-23(32)28(12-6-13-29)20(25(19)10-9-24(18,4)33-25)22(31)27-17-14-15(2)7-8-16(17)3/h7-8,14,18-20,29H,5-6,9-13H2,1-4H3,(H,26,30)(H,27,31)/t18-,19+,20?,24+,25?/m1/s1. The summed E-state index contributed by atoms with van der Waals surface area (Å²) in [5.74, 6) is -2.07. The molecule has 0 aromatic heterocycles. The van der Waals surface area contributed by atoms with Gasteiger partial charge in [-0.25, -0.2) is 0 Å². The number of nitrogens with zero attached hydrogens (tertiary/aromatic N) is 1. The van der Waals surface area contributed by atoms with Gasteiger partial charge in [0, 0.05) is 25.4 Å². The number of ether oxygens (including phenoxy) is 1. The van der Waals surface area contributed by atoms with Gasteiger partial charge in [-0.15, -0.1) is 0 Å². The normalized spacial score (nSPS) is 32.2. The van der Waals surface area contributed by atoms with Gasteiger partial charge in [-0.1, -0.05) is 19.1 Å². The lowest BCUT2D eigenvalue weighted by atomic mass is 9.66. The van der Waals surface area contributed by atoms with Crippen LogP contribution in [0.5, 0.6) is 0 Å². The molecule has 3 fully saturated rings. The summed E-state index contributed by atoms with van der Waals surface area (Å²) in [4.78, 5) is 42.1. The van der Waals surface area contributed by atoms with Crippen LogP contribution in [0.2, 0.25) is 0 Å². The van der Waals surface area contributed by atoms with Crippen LogP contribution in [0.25, 0.3) is 0 Å². The lowest BCUT2D eigenvalue weighted by Crippen LogP contribution is -2.53. The van der Waals surface area contributed by atoms with Crippen molar-refractivity contribution in [3.63, 3.8) is 0 Å². The van der Waals surface area contributed by atoms with Crippen molar-refractivity contribution in [3.05, 3.63) is 29.3 Å². The Balaban J connectivity index is 1.71. The average molecular weight is 458 g/mol. The zero-order valence-electron chi connectivity index (χ0n) is 19.9. The molecule has 3 aliphatic heterocycles. The summed E-state index contributed by atoms with van der Waals surface area (Å²) in [5, 5.41) is 15.4. The van der Waals surface area contributed by atoms with Gasteiger partial charge in [0.15, 0.2) is 0 Å². The van der Waals surface area contributed by atoms with E-state index in [1.807, 2.05) is 45.9 Å². The molecule has 0 saturated carbocycles. The molecule has 2 unspecified atom stereocenters. The van der Waals surface area contributed by atoms with E-state index in [-0.39, 0.29) is 30.9 Å². The number of hydrogen-bond donors (Lipinski definition) is 3. The van der Waals surface area contributed by atoms with Crippen LogP contribution >= 0.6 is 0 Å². The van der Waals surface area contributed by atoms with Crippen LogP contribution in [0.3, 0.4) is 0 Å². The summed E-state index contributed by atoms with van der Waals surface area (Å²) in [5.41, 5.74) is 0.820. The fourth-order valence-corrected chi connectivity index (χ4v) is 6.04. The molecule has 180 valence electrons. The number of fused-ring (bicyclic) bond motifs is 1. The molecule has 1 spiro atoms. The molecule has 3 amide bonds. The first-order valence-electron chi connectivity index (χ1n) is 12.0. The molecule has 33 heavy (non-hydrogen) atoms. The summed E-state index contributed by atoms with van der Waals surface area (Å²) in [6.07, 6.45) is 2.30. The van der Waals surface area contributed by atoms with Crippen molar-refractivity contribution in [1.29, 1.82) is 0 Å². The molecule has 4 rings (SSSR count). The highest BCUT2D eigenvalue weighted by Gasteiger charge is 2.77. The van der Waals surface area contributed by atoms with Crippen molar-refractivity contribution >= 4 is 23.4 Å². The van der Waals surface area contributed by atoms with E-state index in [1.54, 1.807) is 0 Å². The Morgan fingerprint density at radius 1 is 1.24 bits per heavy atom. The van der Waals surface area contributed by atoms with Crippen LogP contribution in [0.1, 0.15) is 50.7 Å². The number of rotatable bonds is 8. The topological polar surface area (TPSA) is 108 Å². The van der Waals surface area contributed by atoms with Crippen molar-refractivity contribution in [2.75, 3.05) is 25.0 Å². The second-order valence-corrected chi connectivity index (χ2v) is 9.94. The van der Waals surface area contributed by atoms with E-state index in [0.29, 0.717) is 31.5 Å². The van der Waals surface area contributed by atoms with E-state index in [2.05, 4.69) is 10.6 Å². The Labute approximate surface area is 195 Å². The fraction of sp³-hybridized carbons (Fsp3) is 0.640. The Bertz CT molecular complexity index is 965. The first-order valence-corrected chi connectivity index (χ1v) is 12.0. The molecule has 0 aliphatic carbocycles. The minimum Gasteiger partial charge on any atom is -0.396 e. The maximum Gasteiger partial charge on any atom is 0.250 e. The van der Waals surface area contributed by atoms with Crippen molar-refractivity contribution in [2.24, 2.45) is 11.8 Å². The number of aliphatic hydroxyl groups is 1. The predicted molar refractivity (Wildman–Crippen MR) is 123 cm³/mol. The number of hydrogen-bond acceptors (Lipinski definition) is 5. The molecule has 0 radical (unpaired) electrons. The smallest absolute Gasteiger partial charge is 0.250 e. The number of nitrogens with one attached hydrogen (secondary N) is 2. The lowest BCUT2D eigenvalue weighted by molar-refractivity contribution is -0.144. The highest BCUT2D eigenvalue weighted by atomic mass is 16.5. The molecule has 3 saturated heterocycles. The molecule has 1 aromatic rings. The maximum absolute atomic E-state index is 13.7. The number of likely N-dealkylation sites (tertiary alicyclic amines) is 1. The summed E-state index contributed by atoms with van der Waals surface area (Å²) >= 11 is 0. The lowest BCUT2D eigenvalue weighted by Gasteiger charge is -2.33. The largest absolute Gasteiger partial charge is 0.396 e. The van der Waals surface area contributed by atoms with Crippen molar-refractivity contribution in [3.8, 4) is 0 Å². The molecular formula is C25H35N3O5. The molecule has 8 heteroatoms. The van der Waals surface area contributed by atoms with E-state index in [4.69, 9.17) is 4.74 Å². The molecule has 3 N–H and O–H groups in total. The van der Waals surface area contributed by atoms with Gasteiger partial charge >= 0.3 is 0 Å². The van der Waals surface area contributed by atoms with Crippen molar-refractivity contribution < 1.29 is 24.2 Å². The van der Waals surface area contributed by atoms with Crippen LogP contribution in [-0.2, 0) is 19.1 Å². The van der Waals surface area contributed by atoms with Gasteiger partial charge in [-0.2, -0.15) is 0 Å². The molecule has 2 bridgehead atoms. The average Bonchev–Trinajstić information content (AvgIpc) is 3.33. The number of aliphatic hydroxyl groups excluding tert-OH is 1. The third-order valence-electron chi connectivity index (χ3n) is 7.56. The second-order valence-electron chi connectivity index (χ2n) is 9.94. The zero-order valence-corrected chi connectivity index (χ0v) is 19.9. The van der Waals surface area contributed by atoms with Gasteiger partial charge in [-0.05, 0) is 63.6 Å². The molecule has 3 heterocycles. The highest BCUT2D eigenvalue weighted by molar-refractivity contribution is 6.04. The Hall–Kier alpha value is -2.45. The predicted octanol–water partition coefficient (Wildman–Crippen LogP) is 1.92. The number of benzene rings is 1.